The van der Waals surface area contributed by atoms with Crippen molar-refractivity contribution in [2.75, 3.05) is 36.9 Å². The summed E-state index contributed by atoms with van der Waals surface area (Å²) in [5, 5.41) is 5.75. The molecule has 7 heteroatoms. The zero-order valence-electron chi connectivity index (χ0n) is 16.9. The fourth-order valence-electron chi connectivity index (χ4n) is 3.20. The molecule has 29 heavy (non-hydrogen) atoms. The van der Waals surface area contributed by atoms with Crippen LogP contribution in [0.5, 0.6) is 11.5 Å². The number of anilines is 2. The van der Waals surface area contributed by atoms with Gasteiger partial charge in [0.25, 0.3) is 5.91 Å². The second kappa shape index (κ2) is 9.82. The van der Waals surface area contributed by atoms with Crippen LogP contribution in [0.3, 0.4) is 0 Å². The number of benzene rings is 2. The zero-order chi connectivity index (χ0) is 20.6. The van der Waals surface area contributed by atoms with Gasteiger partial charge in [-0.05, 0) is 57.0 Å². The molecule has 1 fully saturated rings. The Morgan fingerprint density at radius 1 is 0.897 bits per heavy atom. The number of carbonyl (C=O) groups excluding carboxylic acids is 2. The molecular weight excluding hydrogens is 370 g/mol. The van der Waals surface area contributed by atoms with Crippen LogP contribution in [0.4, 0.5) is 16.2 Å². The molecule has 7 nitrogen and oxygen atoms in total. The fourth-order valence-corrected chi connectivity index (χ4v) is 3.20. The maximum absolute atomic E-state index is 12.8. The number of carbonyl (C=O) groups is 2. The topological polar surface area (TPSA) is 79.9 Å². The lowest BCUT2D eigenvalue weighted by atomic mass is 10.1. The Hall–Kier alpha value is -3.22. The van der Waals surface area contributed by atoms with E-state index in [0.29, 0.717) is 41.7 Å². The summed E-state index contributed by atoms with van der Waals surface area (Å²) in [6.07, 6.45) is 2.07. The van der Waals surface area contributed by atoms with Gasteiger partial charge in [0, 0.05) is 36.1 Å². The molecule has 2 aromatic rings. The van der Waals surface area contributed by atoms with Crippen LogP contribution in [-0.4, -0.2) is 43.1 Å². The average Bonchev–Trinajstić information content (AvgIpc) is 3.24. The molecule has 0 bridgehead atoms. The molecule has 2 N–H and O–H groups in total. The standard InChI is InChI=1S/C22H27N3O4/c1-3-28-19-12-16(13-20(15-19)29-4-2)21(26)23-17-8-7-9-18(14-17)24-22(27)25-10-5-6-11-25/h7-9,12-15H,3-6,10-11H2,1-2H3,(H,23,26)(H,24,27). The summed E-state index contributed by atoms with van der Waals surface area (Å²) in [6.45, 7) is 6.32. The minimum Gasteiger partial charge on any atom is -0.494 e. The van der Waals surface area contributed by atoms with Gasteiger partial charge in [-0.15, -0.1) is 0 Å². The molecule has 0 spiro atoms. The van der Waals surface area contributed by atoms with Crippen LogP contribution >= 0.6 is 0 Å². The summed E-state index contributed by atoms with van der Waals surface area (Å²) in [6, 6.07) is 12.1. The third-order valence-electron chi connectivity index (χ3n) is 4.53. The van der Waals surface area contributed by atoms with Gasteiger partial charge in [0.05, 0.1) is 13.2 Å². The molecule has 2 aromatic carbocycles. The van der Waals surface area contributed by atoms with Crippen LogP contribution < -0.4 is 20.1 Å². The smallest absolute Gasteiger partial charge is 0.321 e. The number of likely N-dealkylation sites (tertiary alicyclic amines) is 1. The molecule has 0 radical (unpaired) electrons. The first kappa shape index (κ1) is 20.5. The van der Waals surface area contributed by atoms with E-state index in [1.165, 1.54) is 0 Å². The zero-order valence-corrected chi connectivity index (χ0v) is 16.9. The molecule has 3 amide bonds. The monoisotopic (exact) mass is 397 g/mol. The van der Waals surface area contributed by atoms with Crippen molar-refractivity contribution in [1.82, 2.24) is 4.90 Å². The van der Waals surface area contributed by atoms with Crippen molar-refractivity contribution in [3.63, 3.8) is 0 Å². The van der Waals surface area contributed by atoms with Gasteiger partial charge in [0.2, 0.25) is 0 Å². The van der Waals surface area contributed by atoms with Crippen molar-refractivity contribution in [3.8, 4) is 11.5 Å². The van der Waals surface area contributed by atoms with Crippen LogP contribution in [0.15, 0.2) is 42.5 Å². The van der Waals surface area contributed by atoms with E-state index in [4.69, 9.17) is 9.47 Å². The second-order valence-corrected chi connectivity index (χ2v) is 6.72. The molecule has 1 aliphatic heterocycles. The summed E-state index contributed by atoms with van der Waals surface area (Å²) in [7, 11) is 0. The Morgan fingerprint density at radius 3 is 2.07 bits per heavy atom. The van der Waals surface area contributed by atoms with E-state index in [1.54, 1.807) is 47.4 Å². The average molecular weight is 397 g/mol. The Bertz CT molecular complexity index is 839. The normalized spacial score (nSPS) is 13.1. The Morgan fingerprint density at radius 2 is 1.48 bits per heavy atom. The molecule has 154 valence electrons. The molecule has 1 aliphatic rings. The van der Waals surface area contributed by atoms with Crippen LogP contribution in [0, 0.1) is 0 Å². The molecule has 3 rings (SSSR count). The first-order valence-electron chi connectivity index (χ1n) is 9.97. The number of nitrogens with zero attached hydrogens (tertiary/aromatic N) is 1. The maximum atomic E-state index is 12.8. The van der Waals surface area contributed by atoms with Gasteiger partial charge in [-0.2, -0.15) is 0 Å². The number of hydrogen-bond acceptors (Lipinski definition) is 4. The largest absolute Gasteiger partial charge is 0.494 e. The van der Waals surface area contributed by atoms with Gasteiger partial charge in [-0.3, -0.25) is 4.79 Å². The van der Waals surface area contributed by atoms with Gasteiger partial charge in [-0.1, -0.05) is 6.07 Å². The number of urea groups is 1. The second-order valence-electron chi connectivity index (χ2n) is 6.72. The number of amides is 3. The van der Waals surface area contributed by atoms with Gasteiger partial charge < -0.3 is 25.0 Å². The van der Waals surface area contributed by atoms with Crippen molar-refractivity contribution >= 4 is 23.3 Å². The van der Waals surface area contributed by atoms with Crippen molar-refractivity contribution in [2.24, 2.45) is 0 Å². The Kier molecular flexibility index (Phi) is 6.94. The van der Waals surface area contributed by atoms with E-state index in [9.17, 15) is 9.59 Å². The summed E-state index contributed by atoms with van der Waals surface area (Å²) in [5.74, 6) is 0.876. The molecule has 0 aliphatic carbocycles. The van der Waals surface area contributed by atoms with E-state index in [0.717, 1.165) is 25.9 Å². The molecule has 0 aromatic heterocycles. The summed E-state index contributed by atoms with van der Waals surface area (Å²) in [5.41, 5.74) is 1.66. The lowest BCUT2D eigenvalue weighted by Gasteiger charge is -2.16. The third-order valence-corrected chi connectivity index (χ3v) is 4.53. The minimum absolute atomic E-state index is 0.114. The fraction of sp³-hybridized carbons (Fsp3) is 0.364. The molecule has 0 unspecified atom stereocenters. The van der Waals surface area contributed by atoms with Crippen LogP contribution in [0.25, 0.3) is 0 Å². The Labute approximate surface area is 171 Å². The summed E-state index contributed by atoms with van der Waals surface area (Å²) < 4.78 is 11.1. The highest BCUT2D eigenvalue weighted by molar-refractivity contribution is 6.05. The number of rotatable bonds is 7. The van der Waals surface area contributed by atoms with Gasteiger partial charge in [0.1, 0.15) is 11.5 Å². The van der Waals surface area contributed by atoms with Crippen molar-refractivity contribution in [3.05, 3.63) is 48.0 Å². The van der Waals surface area contributed by atoms with Crippen LogP contribution in [0.2, 0.25) is 0 Å². The number of ether oxygens (including phenoxy) is 2. The first-order chi connectivity index (χ1) is 14.1. The SMILES string of the molecule is CCOc1cc(OCC)cc(C(=O)Nc2cccc(NC(=O)N3CCCC3)c2)c1. The first-order valence-corrected chi connectivity index (χ1v) is 9.97. The molecule has 0 atom stereocenters. The number of hydrogen-bond donors (Lipinski definition) is 2. The predicted molar refractivity (Wildman–Crippen MR) is 113 cm³/mol. The minimum atomic E-state index is -0.282. The highest BCUT2D eigenvalue weighted by Gasteiger charge is 2.18. The van der Waals surface area contributed by atoms with Gasteiger partial charge >= 0.3 is 6.03 Å². The van der Waals surface area contributed by atoms with Gasteiger partial charge in [-0.25, -0.2) is 4.79 Å². The molecule has 1 heterocycles. The van der Waals surface area contributed by atoms with Crippen LogP contribution in [-0.2, 0) is 0 Å². The van der Waals surface area contributed by atoms with Crippen molar-refractivity contribution in [1.29, 1.82) is 0 Å². The van der Waals surface area contributed by atoms with E-state index < -0.39 is 0 Å². The summed E-state index contributed by atoms with van der Waals surface area (Å²) >= 11 is 0. The van der Waals surface area contributed by atoms with E-state index in [2.05, 4.69) is 10.6 Å². The molecule has 1 saturated heterocycles. The van der Waals surface area contributed by atoms with Crippen molar-refractivity contribution < 1.29 is 19.1 Å². The highest BCUT2D eigenvalue weighted by atomic mass is 16.5. The highest BCUT2D eigenvalue weighted by Crippen LogP contribution is 2.24. The van der Waals surface area contributed by atoms with Crippen LogP contribution in [0.1, 0.15) is 37.0 Å². The van der Waals surface area contributed by atoms with Gasteiger partial charge in [0.15, 0.2) is 0 Å². The van der Waals surface area contributed by atoms with E-state index >= 15 is 0 Å². The number of nitrogens with one attached hydrogen (secondary N) is 2. The lowest BCUT2D eigenvalue weighted by molar-refractivity contribution is 0.102. The third kappa shape index (κ3) is 5.63. The quantitative estimate of drug-likeness (QED) is 0.727. The summed E-state index contributed by atoms with van der Waals surface area (Å²) in [4.78, 5) is 26.8. The van der Waals surface area contributed by atoms with E-state index in [-0.39, 0.29) is 11.9 Å². The molecule has 0 saturated carbocycles. The lowest BCUT2D eigenvalue weighted by Crippen LogP contribution is -2.32. The maximum Gasteiger partial charge on any atom is 0.321 e. The molecular formula is C22H27N3O4. The predicted octanol–water partition coefficient (Wildman–Crippen LogP) is 4.36. The van der Waals surface area contributed by atoms with Crippen molar-refractivity contribution in [2.45, 2.75) is 26.7 Å². The van der Waals surface area contributed by atoms with E-state index in [1.807, 2.05) is 13.8 Å². The Balaban J connectivity index is 1.71.